The molecule has 1 heterocycles. The van der Waals surface area contributed by atoms with Crippen LogP contribution in [0, 0.1) is 11.8 Å². The number of rotatable bonds is 6. The van der Waals surface area contributed by atoms with Crippen molar-refractivity contribution in [3.05, 3.63) is 59.7 Å². The molecule has 0 radical (unpaired) electrons. The van der Waals surface area contributed by atoms with Crippen LogP contribution in [0.25, 0.3) is 0 Å². The van der Waals surface area contributed by atoms with Gasteiger partial charge in [-0.3, -0.25) is 19.3 Å². The molecule has 1 saturated carbocycles. The van der Waals surface area contributed by atoms with Crippen LogP contribution in [0.15, 0.2) is 48.5 Å². The van der Waals surface area contributed by atoms with Crippen molar-refractivity contribution in [3.8, 4) is 0 Å². The van der Waals surface area contributed by atoms with E-state index in [2.05, 4.69) is 5.32 Å². The molecule has 2 aliphatic rings. The van der Waals surface area contributed by atoms with Gasteiger partial charge in [0.1, 0.15) is 0 Å². The summed E-state index contributed by atoms with van der Waals surface area (Å²) >= 11 is 0. The molecule has 2 aromatic carbocycles. The van der Waals surface area contributed by atoms with E-state index in [0.29, 0.717) is 11.4 Å². The van der Waals surface area contributed by atoms with Gasteiger partial charge in [0.25, 0.3) is 5.91 Å². The van der Waals surface area contributed by atoms with Gasteiger partial charge in [0, 0.05) is 5.69 Å². The predicted octanol–water partition coefficient (Wildman–Crippen LogP) is 3.72. The third-order valence-corrected chi connectivity index (χ3v) is 6.16. The van der Waals surface area contributed by atoms with Crippen molar-refractivity contribution in [2.75, 3.05) is 16.8 Å². The zero-order valence-electron chi connectivity index (χ0n) is 18.0. The molecule has 7 heteroatoms. The maximum absolute atomic E-state index is 12.8. The van der Waals surface area contributed by atoms with E-state index in [1.54, 1.807) is 24.3 Å². The second-order valence-corrected chi connectivity index (χ2v) is 8.23. The molecule has 166 valence electrons. The van der Waals surface area contributed by atoms with Crippen molar-refractivity contribution in [2.24, 2.45) is 11.8 Å². The highest BCUT2D eigenvalue weighted by molar-refractivity contribution is 6.22. The summed E-state index contributed by atoms with van der Waals surface area (Å²) < 4.78 is 5.13. The van der Waals surface area contributed by atoms with Crippen molar-refractivity contribution in [1.29, 1.82) is 0 Å². The number of imide groups is 1. The summed E-state index contributed by atoms with van der Waals surface area (Å²) in [6.45, 7) is 1.61. The SMILES string of the molecule is CCc1ccc(NC(=O)COC(=O)c2cccc(N3C(=O)[C@H]4CCCC[C@@H]4C3=O)c2)cc1. The molecule has 2 atom stereocenters. The number of hydrogen-bond acceptors (Lipinski definition) is 5. The number of hydrogen-bond donors (Lipinski definition) is 1. The van der Waals surface area contributed by atoms with Crippen LogP contribution in [-0.2, 0) is 25.5 Å². The standard InChI is InChI=1S/C25H26N2O5/c1-2-16-10-12-18(13-11-16)26-22(28)15-32-25(31)17-6-5-7-19(14-17)27-23(29)20-8-3-4-9-21(20)24(27)30/h5-7,10-14,20-21H,2-4,8-9,15H2,1H3,(H,26,28)/t20-,21-/m0/s1. The van der Waals surface area contributed by atoms with E-state index in [-0.39, 0.29) is 29.2 Å². The molecule has 7 nitrogen and oxygen atoms in total. The number of nitrogens with zero attached hydrogens (tertiary/aromatic N) is 1. The summed E-state index contributed by atoms with van der Waals surface area (Å²) in [6.07, 6.45) is 4.25. The molecule has 1 saturated heterocycles. The zero-order valence-corrected chi connectivity index (χ0v) is 18.0. The number of amides is 3. The maximum atomic E-state index is 12.8. The number of esters is 1. The number of anilines is 2. The van der Waals surface area contributed by atoms with Crippen molar-refractivity contribution in [3.63, 3.8) is 0 Å². The van der Waals surface area contributed by atoms with E-state index in [4.69, 9.17) is 4.74 Å². The van der Waals surface area contributed by atoms with Gasteiger partial charge < -0.3 is 10.1 Å². The minimum atomic E-state index is -0.695. The summed E-state index contributed by atoms with van der Waals surface area (Å²) in [4.78, 5) is 51.4. The van der Waals surface area contributed by atoms with E-state index in [0.717, 1.165) is 37.7 Å². The molecule has 32 heavy (non-hydrogen) atoms. The molecule has 1 aliphatic carbocycles. The quantitative estimate of drug-likeness (QED) is 0.553. The molecule has 0 spiro atoms. The molecule has 2 aromatic rings. The van der Waals surface area contributed by atoms with Gasteiger partial charge in [-0.05, 0) is 55.2 Å². The fourth-order valence-electron chi connectivity index (χ4n) is 4.42. The van der Waals surface area contributed by atoms with Crippen LogP contribution in [0.2, 0.25) is 0 Å². The second-order valence-electron chi connectivity index (χ2n) is 8.23. The van der Waals surface area contributed by atoms with Crippen molar-refractivity contribution >= 4 is 35.1 Å². The number of carbonyl (C=O) groups is 4. The Morgan fingerprint density at radius 1 is 1.00 bits per heavy atom. The molecule has 0 aromatic heterocycles. The second kappa shape index (κ2) is 9.34. The Hall–Kier alpha value is -3.48. The minimum Gasteiger partial charge on any atom is -0.452 e. The zero-order chi connectivity index (χ0) is 22.7. The van der Waals surface area contributed by atoms with Crippen LogP contribution < -0.4 is 10.2 Å². The lowest BCUT2D eigenvalue weighted by atomic mass is 9.81. The molecule has 0 bridgehead atoms. The van der Waals surface area contributed by atoms with Crippen LogP contribution >= 0.6 is 0 Å². The Morgan fingerprint density at radius 2 is 1.66 bits per heavy atom. The third kappa shape index (κ3) is 4.42. The van der Waals surface area contributed by atoms with Gasteiger partial charge in [-0.15, -0.1) is 0 Å². The van der Waals surface area contributed by atoms with Crippen LogP contribution in [-0.4, -0.2) is 30.3 Å². The summed E-state index contributed by atoms with van der Waals surface area (Å²) in [7, 11) is 0. The summed E-state index contributed by atoms with van der Waals surface area (Å²) in [5.41, 5.74) is 2.32. The first-order valence-electron chi connectivity index (χ1n) is 11.0. The average molecular weight is 434 g/mol. The van der Waals surface area contributed by atoms with Gasteiger partial charge in [-0.25, -0.2) is 4.79 Å². The largest absolute Gasteiger partial charge is 0.452 e. The lowest BCUT2D eigenvalue weighted by molar-refractivity contribution is -0.122. The topological polar surface area (TPSA) is 92.8 Å². The monoisotopic (exact) mass is 434 g/mol. The number of benzene rings is 2. The average Bonchev–Trinajstić information content (AvgIpc) is 3.08. The van der Waals surface area contributed by atoms with Gasteiger partial charge in [-0.1, -0.05) is 38.0 Å². The molecular weight excluding hydrogens is 408 g/mol. The minimum absolute atomic E-state index is 0.179. The van der Waals surface area contributed by atoms with E-state index in [9.17, 15) is 19.2 Å². The molecule has 1 N–H and O–H groups in total. The number of nitrogens with one attached hydrogen (secondary N) is 1. The van der Waals surface area contributed by atoms with Crippen molar-refractivity contribution in [2.45, 2.75) is 39.0 Å². The summed E-state index contributed by atoms with van der Waals surface area (Å²) in [5.74, 6) is -2.06. The lowest BCUT2D eigenvalue weighted by Crippen LogP contribution is -2.31. The molecule has 0 unspecified atom stereocenters. The van der Waals surface area contributed by atoms with Gasteiger partial charge >= 0.3 is 5.97 Å². The molecule has 2 fully saturated rings. The van der Waals surface area contributed by atoms with E-state index >= 15 is 0 Å². The van der Waals surface area contributed by atoms with E-state index in [1.165, 1.54) is 17.0 Å². The Bertz CT molecular complexity index is 1020. The smallest absolute Gasteiger partial charge is 0.338 e. The first kappa shape index (κ1) is 21.7. The Labute approximate surface area is 186 Å². The van der Waals surface area contributed by atoms with Gasteiger partial charge in [0.2, 0.25) is 11.8 Å². The van der Waals surface area contributed by atoms with Gasteiger partial charge in [0.15, 0.2) is 6.61 Å². The summed E-state index contributed by atoms with van der Waals surface area (Å²) in [5, 5.41) is 2.68. The lowest BCUT2D eigenvalue weighted by Gasteiger charge is -2.19. The Kier molecular flexibility index (Phi) is 6.35. The van der Waals surface area contributed by atoms with Crippen LogP contribution in [0.3, 0.4) is 0 Å². The fourth-order valence-corrected chi connectivity index (χ4v) is 4.42. The predicted molar refractivity (Wildman–Crippen MR) is 119 cm³/mol. The van der Waals surface area contributed by atoms with E-state index < -0.39 is 18.5 Å². The number of carbonyl (C=O) groups excluding carboxylic acids is 4. The highest BCUT2D eigenvalue weighted by Gasteiger charge is 2.48. The number of fused-ring (bicyclic) bond motifs is 1. The summed E-state index contributed by atoms with van der Waals surface area (Å²) in [6, 6.07) is 13.7. The molecular formula is C25H26N2O5. The van der Waals surface area contributed by atoms with Crippen LogP contribution in [0.5, 0.6) is 0 Å². The Morgan fingerprint density at radius 3 is 2.28 bits per heavy atom. The number of ether oxygens (including phenoxy) is 1. The normalized spacial score (nSPS) is 20.1. The third-order valence-electron chi connectivity index (χ3n) is 6.16. The molecule has 3 amide bonds. The Balaban J connectivity index is 1.38. The van der Waals surface area contributed by atoms with E-state index in [1.807, 2.05) is 19.1 Å². The first-order valence-corrected chi connectivity index (χ1v) is 11.0. The van der Waals surface area contributed by atoms with Gasteiger partial charge in [0.05, 0.1) is 23.1 Å². The first-order chi connectivity index (χ1) is 15.5. The molecule has 4 rings (SSSR count). The highest BCUT2D eigenvalue weighted by Crippen LogP contribution is 2.40. The van der Waals surface area contributed by atoms with Crippen molar-refractivity contribution < 1.29 is 23.9 Å². The van der Waals surface area contributed by atoms with Gasteiger partial charge in [-0.2, -0.15) is 0 Å². The molecule has 1 aliphatic heterocycles. The van der Waals surface area contributed by atoms with Crippen LogP contribution in [0.4, 0.5) is 11.4 Å². The highest BCUT2D eigenvalue weighted by atomic mass is 16.5. The van der Waals surface area contributed by atoms with Crippen LogP contribution in [0.1, 0.15) is 48.5 Å². The number of aryl methyl sites for hydroxylation is 1. The maximum Gasteiger partial charge on any atom is 0.338 e. The fraction of sp³-hybridized carbons (Fsp3) is 0.360. The van der Waals surface area contributed by atoms with Crippen molar-refractivity contribution in [1.82, 2.24) is 0 Å².